The summed E-state index contributed by atoms with van der Waals surface area (Å²) in [5, 5.41) is 0. The monoisotopic (exact) mass is 333 g/mol. The molecule has 1 amide bonds. The lowest BCUT2D eigenvalue weighted by atomic mass is 9.94. The summed E-state index contributed by atoms with van der Waals surface area (Å²) in [6, 6.07) is 3.33. The van der Waals surface area contributed by atoms with Crippen LogP contribution in [0.5, 0.6) is 0 Å². The van der Waals surface area contributed by atoms with Gasteiger partial charge in [-0.15, -0.1) is 0 Å². The Bertz CT molecular complexity index is 662. The van der Waals surface area contributed by atoms with E-state index in [1.54, 1.807) is 4.90 Å². The van der Waals surface area contributed by atoms with E-state index in [9.17, 15) is 17.6 Å². The van der Waals surface area contributed by atoms with Gasteiger partial charge in [-0.1, -0.05) is 6.92 Å². The minimum Gasteiger partial charge on any atom is -0.336 e. The second kappa shape index (κ2) is 5.93. The average Bonchev–Trinajstić information content (AvgIpc) is 2.40. The first-order valence-corrected chi connectivity index (χ1v) is 9.06. The lowest BCUT2D eigenvalue weighted by molar-refractivity contribution is 0.0573. The number of nitrogens with zero attached hydrogens (tertiary/aromatic N) is 1. The molecule has 2 unspecified atom stereocenters. The minimum absolute atomic E-state index is 0.0785. The molecule has 1 fully saturated rings. The number of piperidine rings is 1. The molecular weight excluding hydrogens is 317 g/mol. The van der Waals surface area contributed by atoms with Gasteiger partial charge in [-0.3, -0.25) is 4.79 Å². The van der Waals surface area contributed by atoms with Crippen molar-refractivity contribution in [2.75, 3.05) is 6.54 Å². The van der Waals surface area contributed by atoms with Crippen LogP contribution in [0.15, 0.2) is 23.1 Å². The first-order valence-electron chi connectivity index (χ1n) is 6.75. The van der Waals surface area contributed by atoms with E-state index in [1.807, 2.05) is 6.92 Å². The Balaban J connectivity index is 2.36. The summed E-state index contributed by atoms with van der Waals surface area (Å²) < 4.78 is 36.2. The molecule has 116 valence electrons. The Kier molecular flexibility index (Phi) is 4.58. The van der Waals surface area contributed by atoms with Crippen molar-refractivity contribution >= 4 is 25.6 Å². The van der Waals surface area contributed by atoms with Crippen LogP contribution in [-0.2, 0) is 9.05 Å². The highest BCUT2D eigenvalue weighted by Crippen LogP contribution is 2.25. The predicted molar refractivity (Wildman–Crippen MR) is 78.3 cm³/mol. The van der Waals surface area contributed by atoms with Gasteiger partial charge in [0.15, 0.2) is 0 Å². The van der Waals surface area contributed by atoms with Crippen molar-refractivity contribution in [1.82, 2.24) is 4.90 Å². The molecule has 1 aromatic rings. The molecule has 0 radical (unpaired) electrons. The largest absolute Gasteiger partial charge is 0.336 e. The van der Waals surface area contributed by atoms with Gasteiger partial charge in [-0.2, -0.15) is 0 Å². The molecule has 0 aliphatic carbocycles. The molecule has 0 aromatic heterocycles. The Morgan fingerprint density at radius 3 is 2.62 bits per heavy atom. The number of halogens is 2. The van der Waals surface area contributed by atoms with Crippen molar-refractivity contribution in [3.8, 4) is 0 Å². The van der Waals surface area contributed by atoms with E-state index in [0.29, 0.717) is 12.5 Å². The van der Waals surface area contributed by atoms with Crippen LogP contribution in [0.2, 0.25) is 0 Å². The number of likely N-dealkylation sites (tertiary alicyclic amines) is 1. The van der Waals surface area contributed by atoms with Gasteiger partial charge in [-0.05, 0) is 43.9 Å². The summed E-state index contributed by atoms with van der Waals surface area (Å²) in [6.07, 6.45) is 1.95. The van der Waals surface area contributed by atoms with E-state index >= 15 is 0 Å². The van der Waals surface area contributed by atoms with Crippen LogP contribution in [0.25, 0.3) is 0 Å². The number of carbonyl (C=O) groups is 1. The third kappa shape index (κ3) is 3.55. The maximum atomic E-state index is 13.5. The maximum Gasteiger partial charge on any atom is 0.264 e. The third-order valence-corrected chi connectivity index (χ3v) is 5.16. The number of benzene rings is 1. The second-order valence-electron chi connectivity index (χ2n) is 5.57. The highest BCUT2D eigenvalue weighted by molar-refractivity contribution is 8.13. The Morgan fingerprint density at radius 1 is 1.33 bits per heavy atom. The molecule has 2 rings (SSSR count). The Labute approximate surface area is 128 Å². The zero-order valence-electron chi connectivity index (χ0n) is 11.8. The number of hydrogen-bond donors (Lipinski definition) is 0. The molecule has 2 atom stereocenters. The van der Waals surface area contributed by atoms with Gasteiger partial charge in [-0.25, -0.2) is 12.8 Å². The molecule has 7 heteroatoms. The van der Waals surface area contributed by atoms with Gasteiger partial charge < -0.3 is 4.90 Å². The molecule has 4 nitrogen and oxygen atoms in total. The van der Waals surface area contributed by atoms with Gasteiger partial charge in [0, 0.05) is 28.8 Å². The van der Waals surface area contributed by atoms with E-state index < -0.39 is 19.8 Å². The van der Waals surface area contributed by atoms with Gasteiger partial charge in [0.25, 0.3) is 15.0 Å². The van der Waals surface area contributed by atoms with Crippen molar-refractivity contribution in [2.45, 2.75) is 37.6 Å². The van der Waals surface area contributed by atoms with Crippen LogP contribution < -0.4 is 0 Å². The summed E-state index contributed by atoms with van der Waals surface area (Å²) in [5.41, 5.74) is 0.136. The topological polar surface area (TPSA) is 54.5 Å². The summed E-state index contributed by atoms with van der Waals surface area (Å²) in [4.78, 5) is 13.6. The van der Waals surface area contributed by atoms with E-state index in [1.165, 1.54) is 6.07 Å². The smallest absolute Gasteiger partial charge is 0.264 e. The van der Waals surface area contributed by atoms with Gasteiger partial charge in [0.2, 0.25) is 0 Å². The Morgan fingerprint density at radius 2 is 2.00 bits per heavy atom. The zero-order chi connectivity index (χ0) is 15.8. The third-order valence-electron chi connectivity index (χ3n) is 3.82. The molecule has 0 saturated carbocycles. The standard InChI is InChI=1S/C14H17ClFNO3S/c1-9-3-4-10(2)17(8-9)14(18)11-5-6-12(16)13(7-11)21(15,19)20/h5-7,9-10H,3-4,8H2,1-2H3. The van der Waals surface area contributed by atoms with Crippen LogP contribution in [-0.4, -0.2) is 31.8 Å². The second-order valence-corrected chi connectivity index (χ2v) is 8.11. The molecular formula is C14H17ClFNO3S. The van der Waals surface area contributed by atoms with Gasteiger partial charge >= 0.3 is 0 Å². The molecule has 1 aromatic carbocycles. The van der Waals surface area contributed by atoms with E-state index in [4.69, 9.17) is 10.7 Å². The normalized spacial score (nSPS) is 23.1. The quantitative estimate of drug-likeness (QED) is 0.782. The molecule has 1 heterocycles. The first-order chi connectivity index (χ1) is 9.70. The molecule has 1 aliphatic rings. The number of carbonyl (C=O) groups excluding carboxylic acids is 1. The maximum absolute atomic E-state index is 13.5. The van der Waals surface area contributed by atoms with Gasteiger partial charge in [0.1, 0.15) is 10.7 Å². The Hall–Kier alpha value is -1.14. The fourth-order valence-corrected chi connectivity index (χ4v) is 3.48. The van der Waals surface area contributed by atoms with E-state index in [2.05, 4.69) is 6.92 Å². The highest BCUT2D eigenvalue weighted by atomic mass is 35.7. The summed E-state index contributed by atoms with van der Waals surface area (Å²) in [6.45, 7) is 4.62. The fraction of sp³-hybridized carbons (Fsp3) is 0.500. The van der Waals surface area contributed by atoms with Crippen LogP contribution in [0, 0.1) is 11.7 Å². The van der Waals surface area contributed by atoms with E-state index in [0.717, 1.165) is 25.0 Å². The van der Waals surface area contributed by atoms with Crippen molar-refractivity contribution in [2.24, 2.45) is 5.92 Å². The molecule has 1 saturated heterocycles. The van der Waals surface area contributed by atoms with Crippen LogP contribution in [0.4, 0.5) is 4.39 Å². The first kappa shape index (κ1) is 16.2. The molecule has 0 N–H and O–H groups in total. The van der Waals surface area contributed by atoms with Crippen LogP contribution in [0.3, 0.4) is 0 Å². The molecule has 0 spiro atoms. The molecule has 1 aliphatic heterocycles. The van der Waals surface area contributed by atoms with Gasteiger partial charge in [0.05, 0.1) is 0 Å². The average molecular weight is 334 g/mol. The summed E-state index contributed by atoms with van der Waals surface area (Å²) in [7, 11) is 0.967. The number of rotatable bonds is 2. The minimum atomic E-state index is -4.22. The lowest BCUT2D eigenvalue weighted by Gasteiger charge is -2.37. The lowest BCUT2D eigenvalue weighted by Crippen LogP contribution is -2.44. The SMILES string of the molecule is CC1CCC(C)N(C(=O)c2ccc(F)c(S(=O)(=O)Cl)c2)C1. The summed E-state index contributed by atoms with van der Waals surface area (Å²) >= 11 is 0. The van der Waals surface area contributed by atoms with Crippen LogP contribution >= 0.6 is 10.7 Å². The molecule has 0 bridgehead atoms. The fourth-order valence-electron chi connectivity index (χ4n) is 2.56. The number of hydrogen-bond acceptors (Lipinski definition) is 3. The summed E-state index contributed by atoms with van der Waals surface area (Å²) in [5.74, 6) is -0.862. The van der Waals surface area contributed by atoms with Crippen LogP contribution in [0.1, 0.15) is 37.0 Å². The van der Waals surface area contributed by atoms with Crippen molar-refractivity contribution in [3.63, 3.8) is 0 Å². The van der Waals surface area contributed by atoms with E-state index in [-0.39, 0.29) is 17.5 Å². The van der Waals surface area contributed by atoms with Crippen molar-refractivity contribution in [3.05, 3.63) is 29.6 Å². The highest BCUT2D eigenvalue weighted by Gasteiger charge is 2.28. The van der Waals surface area contributed by atoms with Crippen molar-refractivity contribution < 1.29 is 17.6 Å². The number of amides is 1. The van der Waals surface area contributed by atoms with Crippen molar-refractivity contribution in [1.29, 1.82) is 0 Å². The predicted octanol–water partition coefficient (Wildman–Crippen LogP) is 3.01. The zero-order valence-corrected chi connectivity index (χ0v) is 13.4. The molecule has 21 heavy (non-hydrogen) atoms.